The van der Waals surface area contributed by atoms with Crippen LogP contribution in [-0.2, 0) is 20.0 Å². The maximum absolute atomic E-state index is 13.3. The summed E-state index contributed by atoms with van der Waals surface area (Å²) in [7, 11) is -3.25. The van der Waals surface area contributed by atoms with Crippen molar-refractivity contribution >= 4 is 21.4 Å². The smallest absolute Gasteiger partial charge is 0.233 e. The van der Waals surface area contributed by atoms with Gasteiger partial charge in [-0.25, -0.2) is 8.42 Å². The highest BCUT2D eigenvalue weighted by atomic mass is 32.2. The Morgan fingerprint density at radius 1 is 1.03 bits per heavy atom. The second-order valence-corrected chi connectivity index (χ2v) is 12.3. The molecule has 1 aliphatic carbocycles. The minimum Gasteiger partial charge on any atom is -0.389 e. The monoisotopic (exact) mass is 421 g/mol. The molecule has 6 heteroatoms. The van der Waals surface area contributed by atoms with Crippen LogP contribution < -0.4 is 4.90 Å². The molecule has 5 nitrogen and oxygen atoms in total. The average molecular weight is 422 g/mol. The minimum absolute atomic E-state index is 0.0701. The largest absolute Gasteiger partial charge is 0.389 e. The number of sulfone groups is 1. The molecule has 1 saturated carbocycles. The van der Waals surface area contributed by atoms with Gasteiger partial charge >= 0.3 is 0 Å². The fourth-order valence-corrected chi connectivity index (χ4v) is 6.68. The van der Waals surface area contributed by atoms with Crippen LogP contribution >= 0.6 is 0 Å². The van der Waals surface area contributed by atoms with E-state index in [1.807, 2.05) is 24.0 Å². The molecule has 1 aromatic carbocycles. The Kier molecular flexibility index (Phi) is 5.91. The zero-order valence-corrected chi connectivity index (χ0v) is 19.0. The summed E-state index contributed by atoms with van der Waals surface area (Å²) in [5.74, 6) is 0.0489. The van der Waals surface area contributed by atoms with Crippen molar-refractivity contribution in [3.05, 3.63) is 29.8 Å². The SMILES string of the molecule is CCCS(=O)(=O)C[C@]1(O)CC[C@]2(CCN(c3ccc(C(C)(C)C)cc3)C2=O)CC1. The van der Waals surface area contributed by atoms with Crippen LogP contribution in [0.25, 0.3) is 0 Å². The minimum atomic E-state index is -3.25. The highest BCUT2D eigenvalue weighted by molar-refractivity contribution is 7.91. The Balaban J connectivity index is 1.69. The number of carbonyl (C=O) groups is 1. The van der Waals surface area contributed by atoms with Gasteiger partial charge in [0.2, 0.25) is 5.91 Å². The van der Waals surface area contributed by atoms with Gasteiger partial charge in [0.25, 0.3) is 0 Å². The summed E-state index contributed by atoms with van der Waals surface area (Å²) in [4.78, 5) is 15.2. The predicted molar refractivity (Wildman–Crippen MR) is 117 cm³/mol. The fourth-order valence-electron chi connectivity index (χ4n) is 4.80. The highest BCUT2D eigenvalue weighted by Crippen LogP contribution is 2.49. The summed E-state index contributed by atoms with van der Waals surface area (Å²) >= 11 is 0. The molecule has 0 bridgehead atoms. The van der Waals surface area contributed by atoms with E-state index in [1.165, 1.54) is 5.56 Å². The third-order valence-corrected chi connectivity index (χ3v) is 8.71. The Morgan fingerprint density at radius 3 is 2.14 bits per heavy atom. The number of hydrogen-bond acceptors (Lipinski definition) is 4. The molecule has 1 amide bonds. The number of hydrogen-bond donors (Lipinski definition) is 1. The number of amides is 1. The van der Waals surface area contributed by atoms with Crippen LogP contribution in [0.5, 0.6) is 0 Å². The highest BCUT2D eigenvalue weighted by Gasteiger charge is 2.52. The van der Waals surface area contributed by atoms with Crippen molar-refractivity contribution in [2.24, 2.45) is 5.41 Å². The van der Waals surface area contributed by atoms with E-state index in [9.17, 15) is 18.3 Å². The Morgan fingerprint density at radius 2 is 1.62 bits per heavy atom. The van der Waals surface area contributed by atoms with Gasteiger partial charge in [0.1, 0.15) is 0 Å². The maximum Gasteiger partial charge on any atom is 0.233 e. The van der Waals surface area contributed by atoms with Crippen LogP contribution in [0.15, 0.2) is 24.3 Å². The molecule has 3 rings (SSSR count). The van der Waals surface area contributed by atoms with Gasteiger partial charge in [-0.1, -0.05) is 39.8 Å². The lowest BCUT2D eigenvalue weighted by molar-refractivity contribution is -0.130. The maximum atomic E-state index is 13.3. The summed E-state index contributed by atoms with van der Waals surface area (Å²) in [6.07, 6.45) is 3.19. The molecule has 1 saturated heterocycles. The third-order valence-electron chi connectivity index (χ3n) is 6.70. The zero-order valence-electron chi connectivity index (χ0n) is 18.2. The van der Waals surface area contributed by atoms with Gasteiger partial charge in [0.05, 0.1) is 22.5 Å². The quantitative estimate of drug-likeness (QED) is 0.784. The van der Waals surface area contributed by atoms with Crippen molar-refractivity contribution in [3.8, 4) is 0 Å². The lowest BCUT2D eigenvalue weighted by atomic mass is 9.68. The number of carbonyl (C=O) groups excluding carboxylic acids is 1. The van der Waals surface area contributed by atoms with Crippen molar-refractivity contribution in [1.29, 1.82) is 0 Å². The second-order valence-electron chi connectivity index (χ2n) is 10.1. The summed E-state index contributed by atoms with van der Waals surface area (Å²) in [6.45, 7) is 9.02. The first-order valence-electron chi connectivity index (χ1n) is 10.8. The van der Waals surface area contributed by atoms with Crippen LogP contribution in [-0.4, -0.2) is 43.1 Å². The lowest BCUT2D eigenvalue weighted by Crippen LogP contribution is -2.47. The lowest BCUT2D eigenvalue weighted by Gasteiger charge is -2.40. The molecule has 162 valence electrons. The molecule has 2 aliphatic rings. The topological polar surface area (TPSA) is 74.7 Å². The van der Waals surface area contributed by atoms with Gasteiger partial charge in [0, 0.05) is 12.2 Å². The van der Waals surface area contributed by atoms with E-state index in [0.717, 1.165) is 12.1 Å². The molecule has 0 radical (unpaired) electrons. The molecule has 0 aromatic heterocycles. The van der Waals surface area contributed by atoms with Gasteiger partial charge in [-0.2, -0.15) is 0 Å². The van der Waals surface area contributed by atoms with Crippen LogP contribution in [0.3, 0.4) is 0 Å². The average Bonchev–Trinajstić information content (AvgIpc) is 2.93. The van der Waals surface area contributed by atoms with Gasteiger partial charge in [0.15, 0.2) is 9.84 Å². The van der Waals surface area contributed by atoms with E-state index in [1.54, 1.807) is 0 Å². The molecule has 1 aliphatic heterocycles. The molecular weight excluding hydrogens is 386 g/mol. The first-order chi connectivity index (χ1) is 13.4. The molecule has 1 aromatic rings. The third kappa shape index (κ3) is 4.69. The van der Waals surface area contributed by atoms with E-state index >= 15 is 0 Å². The van der Waals surface area contributed by atoms with E-state index in [4.69, 9.17) is 0 Å². The van der Waals surface area contributed by atoms with Crippen LogP contribution in [0.2, 0.25) is 0 Å². The first-order valence-corrected chi connectivity index (χ1v) is 12.6. The van der Waals surface area contributed by atoms with Crippen molar-refractivity contribution < 1.29 is 18.3 Å². The molecular formula is C23H35NO4S. The molecule has 2 fully saturated rings. The predicted octanol–water partition coefficient (Wildman–Crippen LogP) is 3.84. The molecule has 1 heterocycles. The number of anilines is 1. The zero-order chi connectivity index (χ0) is 21.5. The number of nitrogens with zero attached hydrogens (tertiary/aromatic N) is 1. The summed E-state index contributed by atoms with van der Waals surface area (Å²) in [5.41, 5.74) is 0.579. The fraction of sp³-hybridized carbons (Fsp3) is 0.696. The Labute approximate surface area is 175 Å². The summed E-state index contributed by atoms with van der Waals surface area (Å²) < 4.78 is 24.4. The standard InChI is InChI=1S/C23H35NO4S/c1-5-16-29(27,28)17-23(26)12-10-22(11-13-23)14-15-24(20(22)25)19-8-6-18(7-9-19)21(2,3)4/h6-9,26H,5,10-17H2,1-4H3/t22-,23+. The normalized spacial score (nSPS) is 28.3. The Bertz CT molecular complexity index is 844. The van der Waals surface area contributed by atoms with Gasteiger partial charge in [-0.05, 0) is 61.6 Å². The van der Waals surface area contributed by atoms with Gasteiger partial charge < -0.3 is 10.0 Å². The van der Waals surface area contributed by atoms with Crippen LogP contribution in [0.4, 0.5) is 5.69 Å². The summed E-state index contributed by atoms with van der Waals surface area (Å²) in [5, 5.41) is 10.8. The number of rotatable bonds is 5. The van der Waals surface area contributed by atoms with E-state index < -0.39 is 20.9 Å². The number of aliphatic hydroxyl groups is 1. The first kappa shape index (κ1) is 22.3. The van der Waals surface area contributed by atoms with Crippen molar-refractivity contribution in [1.82, 2.24) is 0 Å². The van der Waals surface area contributed by atoms with Gasteiger partial charge in [-0.3, -0.25) is 4.79 Å². The van der Waals surface area contributed by atoms with Crippen LogP contribution in [0, 0.1) is 5.41 Å². The van der Waals surface area contributed by atoms with E-state index in [0.29, 0.717) is 38.6 Å². The Hall–Kier alpha value is -1.40. The molecule has 0 atom stereocenters. The van der Waals surface area contributed by atoms with Crippen molar-refractivity contribution in [2.75, 3.05) is 23.0 Å². The molecule has 0 unspecified atom stereocenters. The summed E-state index contributed by atoms with van der Waals surface area (Å²) in [6, 6.07) is 8.22. The molecule has 1 N–H and O–H groups in total. The second kappa shape index (κ2) is 7.69. The van der Waals surface area contributed by atoms with Crippen molar-refractivity contribution in [2.45, 2.75) is 77.2 Å². The van der Waals surface area contributed by atoms with E-state index in [-0.39, 0.29) is 22.8 Å². The van der Waals surface area contributed by atoms with Gasteiger partial charge in [-0.15, -0.1) is 0 Å². The van der Waals surface area contributed by atoms with E-state index in [2.05, 4.69) is 32.9 Å². The van der Waals surface area contributed by atoms with Crippen molar-refractivity contribution in [3.63, 3.8) is 0 Å². The van der Waals surface area contributed by atoms with Crippen LogP contribution in [0.1, 0.15) is 71.8 Å². The molecule has 29 heavy (non-hydrogen) atoms. The number of benzene rings is 1. The molecule has 1 spiro atoms.